The van der Waals surface area contributed by atoms with E-state index in [1.165, 1.54) is 0 Å². The standard InChI is InChI=1S/C11H22N2O3/c1-3-15-6-7-16-9-11(14)13-5-4-12-8-10(13)2/h10,12H,3-9H2,1-2H3. The van der Waals surface area contributed by atoms with Gasteiger partial charge in [0.25, 0.3) is 0 Å². The molecular formula is C11H22N2O3. The Morgan fingerprint density at radius 2 is 2.19 bits per heavy atom. The zero-order chi connectivity index (χ0) is 11.8. The van der Waals surface area contributed by atoms with Gasteiger partial charge in [-0.25, -0.2) is 0 Å². The van der Waals surface area contributed by atoms with Gasteiger partial charge in [0.1, 0.15) is 6.61 Å². The van der Waals surface area contributed by atoms with Crippen molar-refractivity contribution in [2.75, 3.05) is 46.1 Å². The summed E-state index contributed by atoms with van der Waals surface area (Å²) < 4.78 is 10.4. The summed E-state index contributed by atoms with van der Waals surface area (Å²) in [7, 11) is 0. The minimum Gasteiger partial charge on any atom is -0.379 e. The maximum Gasteiger partial charge on any atom is 0.248 e. The molecule has 1 aliphatic rings. The molecule has 16 heavy (non-hydrogen) atoms. The maximum atomic E-state index is 11.8. The SMILES string of the molecule is CCOCCOCC(=O)N1CCNCC1C. The molecule has 1 aliphatic heterocycles. The fourth-order valence-corrected chi connectivity index (χ4v) is 1.72. The lowest BCUT2D eigenvalue weighted by Crippen LogP contribution is -2.53. The summed E-state index contributed by atoms with van der Waals surface area (Å²) in [6.07, 6.45) is 0. The molecule has 94 valence electrons. The molecule has 5 heteroatoms. The molecule has 1 amide bonds. The average Bonchev–Trinajstić information content (AvgIpc) is 2.29. The molecule has 0 radical (unpaired) electrons. The highest BCUT2D eigenvalue weighted by atomic mass is 16.5. The van der Waals surface area contributed by atoms with Gasteiger partial charge in [0.2, 0.25) is 5.91 Å². The van der Waals surface area contributed by atoms with Gasteiger partial charge in [0.05, 0.1) is 13.2 Å². The highest BCUT2D eigenvalue weighted by Gasteiger charge is 2.22. The number of ether oxygens (including phenoxy) is 2. The molecule has 1 heterocycles. The van der Waals surface area contributed by atoms with Crippen molar-refractivity contribution in [1.82, 2.24) is 10.2 Å². The third-order valence-electron chi connectivity index (χ3n) is 2.62. The van der Waals surface area contributed by atoms with E-state index in [9.17, 15) is 4.79 Å². The Morgan fingerprint density at radius 1 is 1.44 bits per heavy atom. The Kier molecular flexibility index (Phi) is 6.37. The van der Waals surface area contributed by atoms with Gasteiger partial charge < -0.3 is 19.7 Å². The third-order valence-corrected chi connectivity index (χ3v) is 2.62. The van der Waals surface area contributed by atoms with Crippen molar-refractivity contribution in [1.29, 1.82) is 0 Å². The summed E-state index contributed by atoms with van der Waals surface area (Å²) in [4.78, 5) is 13.6. The molecule has 5 nitrogen and oxygen atoms in total. The van der Waals surface area contributed by atoms with Crippen molar-refractivity contribution < 1.29 is 14.3 Å². The van der Waals surface area contributed by atoms with Crippen LogP contribution in [-0.4, -0.2) is 62.9 Å². The van der Waals surface area contributed by atoms with Crippen molar-refractivity contribution in [3.63, 3.8) is 0 Å². The van der Waals surface area contributed by atoms with E-state index < -0.39 is 0 Å². The van der Waals surface area contributed by atoms with E-state index in [4.69, 9.17) is 9.47 Å². The first-order chi connectivity index (χ1) is 7.75. The summed E-state index contributed by atoms with van der Waals surface area (Å²) in [6, 6.07) is 0.261. The van der Waals surface area contributed by atoms with Gasteiger partial charge in [-0.05, 0) is 13.8 Å². The van der Waals surface area contributed by atoms with Crippen molar-refractivity contribution in [2.24, 2.45) is 0 Å². The van der Waals surface area contributed by atoms with E-state index in [0.717, 1.165) is 19.6 Å². The predicted molar refractivity (Wildman–Crippen MR) is 61.4 cm³/mol. The van der Waals surface area contributed by atoms with Gasteiger partial charge in [-0.1, -0.05) is 0 Å². The van der Waals surface area contributed by atoms with E-state index in [1.807, 2.05) is 18.7 Å². The predicted octanol–water partition coefficient (Wildman–Crippen LogP) is -0.140. The fraction of sp³-hybridized carbons (Fsp3) is 0.909. The van der Waals surface area contributed by atoms with E-state index in [-0.39, 0.29) is 18.6 Å². The largest absolute Gasteiger partial charge is 0.379 e. The lowest BCUT2D eigenvalue weighted by atomic mass is 10.2. The van der Waals surface area contributed by atoms with Gasteiger partial charge in [0.15, 0.2) is 0 Å². The summed E-state index contributed by atoms with van der Waals surface area (Å²) in [5.41, 5.74) is 0. The molecule has 1 N–H and O–H groups in total. The van der Waals surface area contributed by atoms with E-state index >= 15 is 0 Å². The number of nitrogens with one attached hydrogen (secondary N) is 1. The molecule has 1 fully saturated rings. The third kappa shape index (κ3) is 4.47. The fourth-order valence-electron chi connectivity index (χ4n) is 1.72. The molecule has 0 aromatic carbocycles. The zero-order valence-corrected chi connectivity index (χ0v) is 10.2. The molecule has 0 spiro atoms. The van der Waals surface area contributed by atoms with Crippen molar-refractivity contribution in [3.8, 4) is 0 Å². The number of hydrogen-bond donors (Lipinski definition) is 1. The highest BCUT2D eigenvalue weighted by molar-refractivity contribution is 5.77. The molecular weight excluding hydrogens is 208 g/mol. The monoisotopic (exact) mass is 230 g/mol. The Hall–Kier alpha value is -0.650. The Balaban J connectivity index is 2.13. The Labute approximate surface area is 97.1 Å². The number of carbonyl (C=O) groups is 1. The number of piperazine rings is 1. The Bertz CT molecular complexity index is 211. The van der Waals surface area contributed by atoms with Crippen LogP contribution in [0.3, 0.4) is 0 Å². The van der Waals surface area contributed by atoms with Crippen LogP contribution in [0.25, 0.3) is 0 Å². The maximum absolute atomic E-state index is 11.8. The van der Waals surface area contributed by atoms with Gasteiger partial charge in [-0.15, -0.1) is 0 Å². The van der Waals surface area contributed by atoms with E-state index in [2.05, 4.69) is 5.32 Å². The highest BCUT2D eigenvalue weighted by Crippen LogP contribution is 2.02. The number of hydrogen-bond acceptors (Lipinski definition) is 4. The number of amides is 1. The van der Waals surface area contributed by atoms with Crippen LogP contribution in [0.2, 0.25) is 0 Å². The molecule has 0 saturated carbocycles. The lowest BCUT2D eigenvalue weighted by Gasteiger charge is -2.33. The quantitative estimate of drug-likeness (QED) is 0.645. The number of carbonyl (C=O) groups excluding carboxylic acids is 1. The van der Waals surface area contributed by atoms with Crippen LogP contribution in [0.15, 0.2) is 0 Å². The summed E-state index contributed by atoms with van der Waals surface area (Å²) in [5, 5.41) is 3.25. The summed E-state index contributed by atoms with van der Waals surface area (Å²) in [5.74, 6) is 0.0745. The van der Waals surface area contributed by atoms with Crippen molar-refractivity contribution >= 4 is 5.91 Å². The van der Waals surface area contributed by atoms with Gasteiger partial charge in [0, 0.05) is 32.3 Å². The molecule has 0 bridgehead atoms. The number of nitrogens with zero attached hydrogens (tertiary/aromatic N) is 1. The first-order valence-electron chi connectivity index (χ1n) is 5.91. The minimum absolute atomic E-state index is 0.0745. The van der Waals surface area contributed by atoms with Crippen molar-refractivity contribution in [2.45, 2.75) is 19.9 Å². The Morgan fingerprint density at radius 3 is 2.88 bits per heavy atom. The number of rotatable bonds is 6. The smallest absolute Gasteiger partial charge is 0.248 e. The van der Waals surface area contributed by atoms with Gasteiger partial charge >= 0.3 is 0 Å². The van der Waals surface area contributed by atoms with E-state index in [1.54, 1.807) is 0 Å². The molecule has 0 aliphatic carbocycles. The van der Waals surface area contributed by atoms with Crippen LogP contribution < -0.4 is 5.32 Å². The molecule has 1 saturated heterocycles. The normalized spacial score (nSPS) is 21.1. The van der Waals surface area contributed by atoms with Crippen molar-refractivity contribution in [3.05, 3.63) is 0 Å². The van der Waals surface area contributed by atoms with Gasteiger partial charge in [-0.3, -0.25) is 4.79 Å². The topological polar surface area (TPSA) is 50.8 Å². The second-order valence-corrected chi connectivity index (χ2v) is 3.89. The molecule has 1 unspecified atom stereocenters. The molecule has 0 aromatic heterocycles. The second kappa shape index (κ2) is 7.60. The summed E-state index contributed by atoms with van der Waals surface area (Å²) in [6.45, 7) is 8.39. The molecule has 1 rings (SSSR count). The summed E-state index contributed by atoms with van der Waals surface area (Å²) >= 11 is 0. The molecule has 1 atom stereocenters. The van der Waals surface area contributed by atoms with Crippen LogP contribution in [0.4, 0.5) is 0 Å². The van der Waals surface area contributed by atoms with Crippen LogP contribution >= 0.6 is 0 Å². The first kappa shape index (κ1) is 13.4. The second-order valence-electron chi connectivity index (χ2n) is 3.89. The van der Waals surface area contributed by atoms with Gasteiger partial charge in [-0.2, -0.15) is 0 Å². The zero-order valence-electron chi connectivity index (χ0n) is 10.2. The van der Waals surface area contributed by atoms with Crippen LogP contribution in [0.5, 0.6) is 0 Å². The van der Waals surface area contributed by atoms with E-state index in [0.29, 0.717) is 19.8 Å². The van der Waals surface area contributed by atoms with Crippen LogP contribution in [-0.2, 0) is 14.3 Å². The minimum atomic E-state index is 0.0745. The molecule has 0 aromatic rings. The van der Waals surface area contributed by atoms with Crippen LogP contribution in [0, 0.1) is 0 Å². The lowest BCUT2D eigenvalue weighted by molar-refractivity contribution is -0.139. The average molecular weight is 230 g/mol. The van der Waals surface area contributed by atoms with Crippen LogP contribution in [0.1, 0.15) is 13.8 Å². The first-order valence-corrected chi connectivity index (χ1v) is 5.91.